The van der Waals surface area contributed by atoms with Gasteiger partial charge in [-0.3, -0.25) is 4.98 Å². The van der Waals surface area contributed by atoms with Crippen molar-refractivity contribution in [3.63, 3.8) is 0 Å². The van der Waals surface area contributed by atoms with Gasteiger partial charge in [0.2, 0.25) is 0 Å². The van der Waals surface area contributed by atoms with Crippen LogP contribution in [-0.2, 0) is 13.2 Å². The van der Waals surface area contributed by atoms with E-state index >= 15 is 0 Å². The van der Waals surface area contributed by atoms with Crippen LogP contribution in [-0.4, -0.2) is 4.98 Å². The van der Waals surface area contributed by atoms with Crippen LogP contribution in [0.3, 0.4) is 0 Å². The zero-order valence-corrected chi connectivity index (χ0v) is 11.1. The van der Waals surface area contributed by atoms with E-state index in [1.807, 2.05) is 12.1 Å². The third kappa shape index (κ3) is 3.35. The van der Waals surface area contributed by atoms with Gasteiger partial charge >= 0.3 is 0 Å². The zero-order valence-electron chi connectivity index (χ0n) is 9.57. The second-order valence-corrected chi connectivity index (χ2v) is 4.57. The molecular weight excluding hydrogens is 271 g/mol. The maximum absolute atomic E-state index is 6.01. The van der Waals surface area contributed by atoms with Crippen molar-refractivity contribution in [2.75, 3.05) is 0 Å². The SMILES string of the molecule is NCc1cc(COc2ccc(Cl)cc2Cl)ccn1. The van der Waals surface area contributed by atoms with Crippen molar-refractivity contribution in [3.8, 4) is 5.75 Å². The molecule has 0 unspecified atom stereocenters. The van der Waals surface area contributed by atoms with Gasteiger partial charge in [-0.05, 0) is 35.9 Å². The lowest BCUT2D eigenvalue weighted by Gasteiger charge is -2.08. The van der Waals surface area contributed by atoms with Gasteiger partial charge in [0, 0.05) is 17.8 Å². The maximum atomic E-state index is 6.01. The number of hydrogen-bond donors (Lipinski definition) is 1. The van der Waals surface area contributed by atoms with E-state index in [1.54, 1.807) is 24.4 Å². The van der Waals surface area contributed by atoms with Crippen molar-refractivity contribution in [2.24, 2.45) is 5.73 Å². The molecule has 0 bridgehead atoms. The average molecular weight is 283 g/mol. The molecule has 0 atom stereocenters. The van der Waals surface area contributed by atoms with E-state index in [1.165, 1.54) is 0 Å². The van der Waals surface area contributed by atoms with E-state index < -0.39 is 0 Å². The van der Waals surface area contributed by atoms with Crippen molar-refractivity contribution >= 4 is 23.2 Å². The summed E-state index contributed by atoms with van der Waals surface area (Å²) in [4.78, 5) is 4.12. The van der Waals surface area contributed by atoms with Gasteiger partial charge in [0.25, 0.3) is 0 Å². The molecule has 0 radical (unpaired) electrons. The van der Waals surface area contributed by atoms with Crippen LogP contribution in [0.4, 0.5) is 0 Å². The molecule has 94 valence electrons. The molecule has 18 heavy (non-hydrogen) atoms. The predicted molar refractivity (Wildman–Crippen MR) is 72.9 cm³/mol. The lowest BCUT2D eigenvalue weighted by atomic mass is 10.2. The minimum atomic E-state index is 0.412. The van der Waals surface area contributed by atoms with Crippen LogP contribution in [0, 0.1) is 0 Å². The highest BCUT2D eigenvalue weighted by Crippen LogP contribution is 2.28. The molecule has 0 amide bonds. The summed E-state index contributed by atoms with van der Waals surface area (Å²) in [5.74, 6) is 0.604. The first-order chi connectivity index (χ1) is 8.69. The molecule has 1 heterocycles. The summed E-state index contributed by atoms with van der Waals surface area (Å²) < 4.78 is 5.62. The Balaban J connectivity index is 2.06. The Morgan fingerprint density at radius 3 is 2.72 bits per heavy atom. The molecule has 0 aliphatic heterocycles. The monoisotopic (exact) mass is 282 g/mol. The fraction of sp³-hybridized carbons (Fsp3) is 0.154. The topological polar surface area (TPSA) is 48.1 Å². The highest BCUT2D eigenvalue weighted by atomic mass is 35.5. The summed E-state index contributed by atoms with van der Waals surface area (Å²) in [5.41, 5.74) is 7.36. The first-order valence-corrected chi connectivity index (χ1v) is 6.16. The van der Waals surface area contributed by atoms with Crippen molar-refractivity contribution in [3.05, 3.63) is 57.8 Å². The number of hydrogen-bond acceptors (Lipinski definition) is 3. The van der Waals surface area contributed by atoms with Gasteiger partial charge in [-0.15, -0.1) is 0 Å². The predicted octanol–water partition coefficient (Wildman–Crippen LogP) is 3.43. The number of rotatable bonds is 4. The zero-order chi connectivity index (χ0) is 13.0. The Morgan fingerprint density at radius 1 is 1.17 bits per heavy atom. The van der Waals surface area contributed by atoms with Crippen LogP contribution in [0.15, 0.2) is 36.5 Å². The van der Waals surface area contributed by atoms with E-state index in [0.29, 0.717) is 28.9 Å². The average Bonchev–Trinajstić information content (AvgIpc) is 2.38. The molecule has 1 aromatic carbocycles. The minimum absolute atomic E-state index is 0.412. The van der Waals surface area contributed by atoms with Crippen molar-refractivity contribution < 1.29 is 4.74 Å². The summed E-state index contributed by atoms with van der Waals surface area (Å²) in [5, 5.41) is 1.08. The number of ether oxygens (including phenoxy) is 1. The minimum Gasteiger partial charge on any atom is -0.487 e. The number of benzene rings is 1. The Bertz CT molecular complexity index is 546. The highest BCUT2D eigenvalue weighted by molar-refractivity contribution is 6.35. The summed E-state index contributed by atoms with van der Waals surface area (Å²) in [6.45, 7) is 0.826. The van der Waals surface area contributed by atoms with E-state index in [0.717, 1.165) is 11.3 Å². The maximum Gasteiger partial charge on any atom is 0.138 e. The Hall–Kier alpha value is -1.29. The van der Waals surface area contributed by atoms with Gasteiger partial charge in [-0.25, -0.2) is 0 Å². The molecule has 3 nitrogen and oxygen atoms in total. The van der Waals surface area contributed by atoms with E-state index in [4.69, 9.17) is 33.7 Å². The molecule has 0 aliphatic carbocycles. The Labute approximate surface area is 115 Å². The van der Waals surface area contributed by atoms with Crippen molar-refractivity contribution in [1.29, 1.82) is 0 Å². The van der Waals surface area contributed by atoms with Crippen LogP contribution < -0.4 is 10.5 Å². The molecule has 2 N–H and O–H groups in total. The molecule has 0 fully saturated rings. The fourth-order valence-electron chi connectivity index (χ4n) is 1.48. The second-order valence-electron chi connectivity index (χ2n) is 3.72. The van der Waals surface area contributed by atoms with Gasteiger partial charge in [0.15, 0.2) is 0 Å². The lowest BCUT2D eigenvalue weighted by Crippen LogP contribution is -2.02. The molecule has 0 saturated carbocycles. The normalized spacial score (nSPS) is 10.4. The van der Waals surface area contributed by atoms with E-state index in [2.05, 4.69) is 4.98 Å². The molecule has 0 spiro atoms. The van der Waals surface area contributed by atoms with E-state index in [-0.39, 0.29) is 0 Å². The van der Waals surface area contributed by atoms with Gasteiger partial charge in [0.05, 0.1) is 10.7 Å². The van der Waals surface area contributed by atoms with Crippen LogP contribution in [0.1, 0.15) is 11.3 Å². The summed E-state index contributed by atoms with van der Waals surface area (Å²) >= 11 is 11.8. The first-order valence-electron chi connectivity index (χ1n) is 5.41. The number of nitrogens with two attached hydrogens (primary N) is 1. The Morgan fingerprint density at radius 2 is 2.00 bits per heavy atom. The third-order valence-electron chi connectivity index (χ3n) is 2.38. The number of halogens is 2. The summed E-state index contributed by atoms with van der Waals surface area (Å²) in [6, 6.07) is 8.92. The van der Waals surface area contributed by atoms with Gasteiger partial charge in [-0.1, -0.05) is 23.2 Å². The molecule has 2 rings (SSSR count). The number of pyridine rings is 1. The quantitative estimate of drug-likeness (QED) is 0.935. The van der Waals surface area contributed by atoms with Crippen LogP contribution in [0.25, 0.3) is 0 Å². The first kappa shape index (κ1) is 13.1. The number of nitrogens with zero attached hydrogens (tertiary/aromatic N) is 1. The van der Waals surface area contributed by atoms with E-state index in [9.17, 15) is 0 Å². The van der Waals surface area contributed by atoms with Gasteiger partial charge in [-0.2, -0.15) is 0 Å². The highest BCUT2D eigenvalue weighted by Gasteiger charge is 2.03. The molecule has 0 saturated heterocycles. The number of aromatic nitrogens is 1. The standard InChI is InChI=1S/C13H12Cl2N2O/c14-10-1-2-13(12(15)6-10)18-8-9-3-4-17-11(5-9)7-16/h1-6H,7-8,16H2. The smallest absolute Gasteiger partial charge is 0.138 e. The molecular formula is C13H12Cl2N2O. The molecule has 5 heteroatoms. The van der Waals surface area contributed by atoms with Crippen LogP contribution >= 0.6 is 23.2 Å². The van der Waals surface area contributed by atoms with Crippen LogP contribution in [0.5, 0.6) is 5.75 Å². The molecule has 1 aromatic heterocycles. The largest absolute Gasteiger partial charge is 0.487 e. The van der Waals surface area contributed by atoms with Crippen molar-refractivity contribution in [1.82, 2.24) is 4.98 Å². The fourth-order valence-corrected chi connectivity index (χ4v) is 1.95. The van der Waals surface area contributed by atoms with Crippen LogP contribution in [0.2, 0.25) is 10.0 Å². The summed E-state index contributed by atoms with van der Waals surface area (Å²) in [7, 11) is 0. The van der Waals surface area contributed by atoms with Gasteiger partial charge < -0.3 is 10.5 Å². The summed E-state index contributed by atoms with van der Waals surface area (Å²) in [6.07, 6.45) is 1.71. The third-order valence-corrected chi connectivity index (χ3v) is 2.91. The van der Waals surface area contributed by atoms with Gasteiger partial charge in [0.1, 0.15) is 12.4 Å². The molecule has 2 aromatic rings. The van der Waals surface area contributed by atoms with Crippen molar-refractivity contribution in [2.45, 2.75) is 13.2 Å². The second kappa shape index (κ2) is 6.05. The lowest BCUT2D eigenvalue weighted by molar-refractivity contribution is 0.306. The molecule has 0 aliphatic rings. The Kier molecular flexibility index (Phi) is 4.42.